The van der Waals surface area contributed by atoms with Gasteiger partial charge in [-0.2, -0.15) is 8.78 Å². The molecule has 1 aromatic heterocycles. The van der Waals surface area contributed by atoms with Gasteiger partial charge in [-0.25, -0.2) is 9.59 Å². The Kier molecular flexibility index (Phi) is 5.84. The number of nitrogens with zero attached hydrogens (tertiary/aromatic N) is 1. The Morgan fingerprint density at radius 2 is 1.82 bits per heavy atom. The van der Waals surface area contributed by atoms with E-state index >= 15 is 0 Å². The fraction of sp³-hybridized carbons (Fsp3) is 0.261. The number of hydrogen-bond acceptors (Lipinski definition) is 5. The quantitative estimate of drug-likeness (QED) is 0.415. The number of rotatable bonds is 6. The summed E-state index contributed by atoms with van der Waals surface area (Å²) in [5.41, 5.74) is -0.152. The molecule has 172 valence electrons. The van der Waals surface area contributed by atoms with Crippen molar-refractivity contribution in [3.05, 3.63) is 74.6 Å². The number of urea groups is 1. The van der Waals surface area contributed by atoms with E-state index in [1.807, 2.05) is 6.92 Å². The van der Waals surface area contributed by atoms with Crippen LogP contribution in [0.4, 0.5) is 13.6 Å². The molecule has 0 unspecified atom stereocenters. The third-order valence-corrected chi connectivity index (χ3v) is 5.99. The van der Waals surface area contributed by atoms with E-state index < -0.39 is 29.7 Å². The lowest BCUT2D eigenvalue weighted by Gasteiger charge is -2.22. The average molecular weight is 477 g/mol. The standard InChI is InChI=1S/C23H19ClF2N2O5/c1-3-12-8-18-16(10-17(12)24)13(9-19(29)33-18)11-28-20(30)23(2,27-22(28)31)14-4-6-15(7-5-14)32-21(25)26/h4-10,21H,3,11H2,1-2H3,(H,27,31)/t23-/m1/s1. The van der Waals surface area contributed by atoms with Gasteiger partial charge in [-0.3, -0.25) is 9.69 Å². The molecule has 4 rings (SSSR count). The predicted octanol–water partition coefficient (Wildman–Crippen LogP) is 4.58. The van der Waals surface area contributed by atoms with Gasteiger partial charge in [0.05, 0.1) is 6.54 Å². The number of carbonyl (C=O) groups excluding carboxylic acids is 2. The smallest absolute Gasteiger partial charge is 0.387 e. The van der Waals surface area contributed by atoms with Gasteiger partial charge in [0.25, 0.3) is 5.91 Å². The molecule has 0 bridgehead atoms. The van der Waals surface area contributed by atoms with E-state index in [-0.39, 0.29) is 12.3 Å². The molecule has 0 aliphatic carbocycles. The molecule has 1 aliphatic heterocycles. The minimum absolute atomic E-state index is 0.0724. The second-order valence-corrected chi connectivity index (χ2v) is 8.14. The molecule has 1 atom stereocenters. The van der Waals surface area contributed by atoms with Gasteiger partial charge in [0.15, 0.2) is 0 Å². The molecule has 0 radical (unpaired) electrons. The molecule has 33 heavy (non-hydrogen) atoms. The first-order chi connectivity index (χ1) is 15.6. The molecule has 2 heterocycles. The molecule has 3 amide bonds. The van der Waals surface area contributed by atoms with Crippen molar-refractivity contribution in [3.63, 3.8) is 0 Å². The Morgan fingerprint density at radius 1 is 1.12 bits per heavy atom. The van der Waals surface area contributed by atoms with E-state index in [9.17, 15) is 23.2 Å². The number of amides is 3. The van der Waals surface area contributed by atoms with Crippen molar-refractivity contribution in [3.8, 4) is 5.75 Å². The van der Waals surface area contributed by atoms with Gasteiger partial charge < -0.3 is 14.5 Å². The normalized spacial score (nSPS) is 18.3. The molecule has 1 fully saturated rings. The van der Waals surface area contributed by atoms with Crippen molar-refractivity contribution in [2.45, 2.75) is 39.0 Å². The minimum Gasteiger partial charge on any atom is -0.435 e. The number of fused-ring (bicyclic) bond motifs is 1. The fourth-order valence-corrected chi connectivity index (χ4v) is 4.16. The van der Waals surface area contributed by atoms with Gasteiger partial charge in [0.2, 0.25) is 0 Å². The monoisotopic (exact) mass is 476 g/mol. The van der Waals surface area contributed by atoms with Gasteiger partial charge in [0.1, 0.15) is 16.9 Å². The maximum absolute atomic E-state index is 13.3. The summed E-state index contributed by atoms with van der Waals surface area (Å²) in [6, 6.07) is 9.31. The number of carbonyl (C=O) groups is 2. The molecule has 0 saturated carbocycles. The van der Waals surface area contributed by atoms with Gasteiger partial charge in [-0.15, -0.1) is 0 Å². The maximum atomic E-state index is 13.3. The first-order valence-corrected chi connectivity index (χ1v) is 10.4. The Hall–Kier alpha value is -3.46. The first-order valence-electron chi connectivity index (χ1n) is 10.1. The van der Waals surface area contributed by atoms with Crippen LogP contribution in [0, 0.1) is 0 Å². The van der Waals surface area contributed by atoms with Crippen molar-refractivity contribution in [2.24, 2.45) is 0 Å². The summed E-state index contributed by atoms with van der Waals surface area (Å²) >= 11 is 6.32. The summed E-state index contributed by atoms with van der Waals surface area (Å²) in [6.07, 6.45) is 0.634. The molecule has 10 heteroatoms. The van der Waals surface area contributed by atoms with E-state index in [0.29, 0.717) is 33.5 Å². The predicted molar refractivity (Wildman–Crippen MR) is 116 cm³/mol. The highest BCUT2D eigenvalue weighted by Gasteiger charge is 2.49. The van der Waals surface area contributed by atoms with Crippen molar-refractivity contribution < 1.29 is 27.5 Å². The maximum Gasteiger partial charge on any atom is 0.387 e. The van der Waals surface area contributed by atoms with E-state index in [1.54, 1.807) is 12.1 Å². The average Bonchev–Trinajstić information content (AvgIpc) is 2.97. The zero-order chi connectivity index (χ0) is 23.9. The van der Waals surface area contributed by atoms with E-state index in [2.05, 4.69) is 10.1 Å². The molecule has 3 aromatic rings. The lowest BCUT2D eigenvalue weighted by atomic mass is 9.92. The zero-order valence-corrected chi connectivity index (χ0v) is 18.4. The van der Waals surface area contributed by atoms with Gasteiger partial charge in [-0.1, -0.05) is 30.7 Å². The molecule has 7 nitrogen and oxygen atoms in total. The zero-order valence-electron chi connectivity index (χ0n) is 17.7. The highest BCUT2D eigenvalue weighted by molar-refractivity contribution is 6.32. The topological polar surface area (TPSA) is 88.8 Å². The molecular formula is C23H19ClF2N2O5. The molecular weight excluding hydrogens is 458 g/mol. The van der Waals surface area contributed by atoms with Crippen LogP contribution in [0.3, 0.4) is 0 Å². The van der Waals surface area contributed by atoms with Gasteiger partial charge >= 0.3 is 18.3 Å². The van der Waals surface area contributed by atoms with Crippen LogP contribution in [0.15, 0.2) is 51.7 Å². The number of halogens is 3. The number of imide groups is 1. The van der Waals surface area contributed by atoms with Crippen LogP contribution in [0.25, 0.3) is 11.0 Å². The Morgan fingerprint density at radius 3 is 2.45 bits per heavy atom. The largest absolute Gasteiger partial charge is 0.435 e. The first kappa shape index (κ1) is 22.7. The summed E-state index contributed by atoms with van der Waals surface area (Å²) in [6.45, 7) is 0.263. The SMILES string of the molecule is CCc1cc2oc(=O)cc(CN3C(=O)N[C@](C)(c4ccc(OC(F)F)cc4)C3=O)c2cc1Cl. The van der Waals surface area contributed by atoms with Crippen molar-refractivity contribution in [1.29, 1.82) is 0 Å². The molecule has 1 N–H and O–H groups in total. The fourth-order valence-electron chi connectivity index (χ4n) is 3.87. The van der Waals surface area contributed by atoms with Crippen LogP contribution in [0.5, 0.6) is 5.75 Å². The van der Waals surface area contributed by atoms with Gasteiger partial charge in [-0.05, 0) is 54.3 Å². The molecule has 2 aromatic carbocycles. The second kappa shape index (κ2) is 8.47. The van der Waals surface area contributed by atoms with E-state index in [1.165, 1.54) is 37.3 Å². The van der Waals surface area contributed by atoms with Crippen LogP contribution in [-0.4, -0.2) is 23.4 Å². The Labute approximate surface area is 191 Å². The number of aryl methyl sites for hydroxylation is 1. The van der Waals surface area contributed by atoms with Crippen molar-refractivity contribution in [1.82, 2.24) is 10.2 Å². The molecule has 1 aliphatic rings. The van der Waals surface area contributed by atoms with Crippen LogP contribution in [0.1, 0.15) is 30.5 Å². The van der Waals surface area contributed by atoms with E-state index in [0.717, 1.165) is 10.5 Å². The number of hydrogen-bond donors (Lipinski definition) is 1. The number of benzene rings is 2. The summed E-state index contributed by atoms with van der Waals surface area (Å²) in [5.74, 6) is -0.635. The van der Waals surface area contributed by atoms with Crippen LogP contribution in [-0.2, 0) is 23.3 Å². The minimum atomic E-state index is -2.98. The second-order valence-electron chi connectivity index (χ2n) is 7.73. The van der Waals surface area contributed by atoms with Crippen LogP contribution < -0.4 is 15.7 Å². The van der Waals surface area contributed by atoms with Crippen LogP contribution >= 0.6 is 11.6 Å². The summed E-state index contributed by atoms with van der Waals surface area (Å²) in [4.78, 5) is 39.1. The third-order valence-electron chi connectivity index (χ3n) is 5.64. The summed E-state index contributed by atoms with van der Waals surface area (Å²) in [7, 11) is 0. The lowest BCUT2D eigenvalue weighted by Crippen LogP contribution is -2.40. The Balaban J connectivity index is 1.67. The molecule has 0 spiro atoms. The molecule has 1 saturated heterocycles. The summed E-state index contributed by atoms with van der Waals surface area (Å²) in [5, 5.41) is 3.63. The van der Waals surface area contributed by atoms with Crippen molar-refractivity contribution >= 4 is 34.5 Å². The number of ether oxygens (including phenoxy) is 1. The number of alkyl halides is 2. The Bertz CT molecular complexity index is 1310. The van der Waals surface area contributed by atoms with Crippen LogP contribution in [0.2, 0.25) is 5.02 Å². The van der Waals surface area contributed by atoms with Crippen molar-refractivity contribution in [2.75, 3.05) is 0 Å². The highest BCUT2D eigenvalue weighted by Crippen LogP contribution is 2.33. The number of nitrogens with one attached hydrogen (secondary N) is 1. The van der Waals surface area contributed by atoms with E-state index in [4.69, 9.17) is 16.0 Å². The summed E-state index contributed by atoms with van der Waals surface area (Å²) < 4.78 is 34.4. The van der Waals surface area contributed by atoms with Gasteiger partial charge in [0, 0.05) is 16.5 Å². The lowest BCUT2D eigenvalue weighted by molar-refractivity contribution is -0.131. The third kappa shape index (κ3) is 4.16. The highest BCUT2D eigenvalue weighted by atomic mass is 35.5.